The van der Waals surface area contributed by atoms with Crippen molar-refractivity contribution in [2.75, 3.05) is 25.5 Å². The molecule has 0 atom stereocenters. The molecule has 6 nitrogen and oxygen atoms in total. The van der Waals surface area contributed by atoms with Gasteiger partial charge in [0.15, 0.2) is 5.01 Å². The largest absolute Gasteiger partial charge is 0.496 e. The Morgan fingerprint density at radius 2 is 1.83 bits per heavy atom. The Hall–Kier alpha value is -3.40. The number of halogens is 3. The van der Waals surface area contributed by atoms with Crippen molar-refractivity contribution in [3.63, 3.8) is 0 Å². The third-order valence-corrected chi connectivity index (χ3v) is 7.27. The number of anilines is 1. The molecule has 2 aromatic carbocycles. The van der Waals surface area contributed by atoms with Crippen LogP contribution in [-0.4, -0.2) is 41.9 Å². The Bertz CT molecular complexity index is 1230. The van der Waals surface area contributed by atoms with Gasteiger partial charge < -0.3 is 15.0 Å². The van der Waals surface area contributed by atoms with Crippen molar-refractivity contribution < 1.29 is 27.5 Å². The quantitative estimate of drug-likeness (QED) is 0.457. The third-order valence-electron chi connectivity index (χ3n) is 6.38. The number of ether oxygens (including phenoxy) is 1. The molecule has 1 aliphatic rings. The highest BCUT2D eigenvalue weighted by Crippen LogP contribution is 2.33. The number of piperidine rings is 1. The van der Waals surface area contributed by atoms with Gasteiger partial charge in [-0.25, -0.2) is 4.98 Å². The van der Waals surface area contributed by atoms with E-state index in [2.05, 4.69) is 10.3 Å². The summed E-state index contributed by atoms with van der Waals surface area (Å²) in [5.74, 6) is 0.376. The number of alkyl halides is 3. The molecule has 10 heteroatoms. The highest BCUT2D eigenvalue weighted by atomic mass is 32.1. The van der Waals surface area contributed by atoms with Crippen LogP contribution in [0.4, 0.5) is 18.9 Å². The maximum Gasteiger partial charge on any atom is 0.443 e. The first-order valence-electron chi connectivity index (χ1n) is 11.5. The van der Waals surface area contributed by atoms with Gasteiger partial charge in [0.05, 0.1) is 13.5 Å². The number of aromatic nitrogens is 1. The van der Waals surface area contributed by atoms with Gasteiger partial charge in [0.25, 0.3) is 5.91 Å². The van der Waals surface area contributed by atoms with Crippen LogP contribution < -0.4 is 10.1 Å². The summed E-state index contributed by atoms with van der Waals surface area (Å²) < 4.78 is 43.7. The fraction of sp³-hybridized carbons (Fsp3) is 0.346. The number of amides is 2. The van der Waals surface area contributed by atoms with Crippen LogP contribution in [0.1, 0.15) is 50.9 Å². The van der Waals surface area contributed by atoms with Gasteiger partial charge in [-0.2, -0.15) is 13.2 Å². The smallest absolute Gasteiger partial charge is 0.443 e. The Morgan fingerprint density at radius 3 is 2.44 bits per heavy atom. The summed E-state index contributed by atoms with van der Waals surface area (Å²) in [4.78, 5) is 30.1. The fourth-order valence-corrected chi connectivity index (χ4v) is 5.03. The number of nitrogens with zero attached hydrogens (tertiary/aromatic N) is 2. The second kappa shape index (κ2) is 10.7. The molecule has 1 N–H and O–H groups in total. The molecule has 2 amide bonds. The summed E-state index contributed by atoms with van der Waals surface area (Å²) in [6.07, 6.45) is -2.91. The van der Waals surface area contributed by atoms with Crippen molar-refractivity contribution >= 4 is 28.8 Å². The van der Waals surface area contributed by atoms with E-state index in [0.717, 1.165) is 22.4 Å². The van der Waals surface area contributed by atoms with Crippen molar-refractivity contribution in [3.8, 4) is 5.75 Å². The summed E-state index contributed by atoms with van der Waals surface area (Å²) in [7, 11) is 1.60. The lowest BCUT2D eigenvalue weighted by Gasteiger charge is -2.32. The zero-order valence-corrected chi connectivity index (χ0v) is 20.7. The zero-order chi connectivity index (χ0) is 25.9. The van der Waals surface area contributed by atoms with Crippen molar-refractivity contribution in [2.24, 2.45) is 0 Å². The van der Waals surface area contributed by atoms with Gasteiger partial charge in [-0.3, -0.25) is 9.59 Å². The molecule has 0 bridgehead atoms. The summed E-state index contributed by atoms with van der Waals surface area (Å²) in [6, 6.07) is 13.3. The number of hydrogen-bond donors (Lipinski definition) is 1. The molecule has 0 unspecified atom stereocenters. The average Bonchev–Trinajstić information content (AvgIpc) is 3.37. The van der Waals surface area contributed by atoms with Gasteiger partial charge in [0.1, 0.15) is 11.4 Å². The molecule has 1 aliphatic heterocycles. The van der Waals surface area contributed by atoms with E-state index in [1.165, 1.54) is 5.38 Å². The van der Waals surface area contributed by atoms with E-state index >= 15 is 0 Å². The van der Waals surface area contributed by atoms with Gasteiger partial charge in [0.2, 0.25) is 5.91 Å². The van der Waals surface area contributed by atoms with E-state index in [0.29, 0.717) is 43.0 Å². The van der Waals surface area contributed by atoms with Crippen LogP contribution in [0.25, 0.3) is 0 Å². The van der Waals surface area contributed by atoms with Gasteiger partial charge in [-0.05, 0) is 60.6 Å². The van der Waals surface area contributed by atoms with E-state index in [1.807, 2.05) is 49.4 Å². The average molecular weight is 518 g/mol. The van der Waals surface area contributed by atoms with Gasteiger partial charge >= 0.3 is 6.18 Å². The molecular weight excluding hydrogens is 491 g/mol. The topological polar surface area (TPSA) is 71.5 Å². The second-order valence-corrected chi connectivity index (χ2v) is 9.55. The highest BCUT2D eigenvalue weighted by molar-refractivity contribution is 7.09. The van der Waals surface area contributed by atoms with Crippen LogP contribution in [0.15, 0.2) is 47.8 Å². The molecule has 0 saturated carbocycles. The van der Waals surface area contributed by atoms with Gasteiger partial charge in [-0.1, -0.05) is 24.3 Å². The number of likely N-dealkylation sites (tertiary alicyclic amines) is 1. The maximum atomic E-state index is 12.8. The summed E-state index contributed by atoms with van der Waals surface area (Å²) >= 11 is 0.435. The SMILES string of the molecule is COc1cccc(CC(=O)Nc2ccc(C3CCN(C(=O)c4csc(C(F)(F)F)n4)CC3)cc2)c1C. The first kappa shape index (κ1) is 25.7. The van der Waals surface area contributed by atoms with Gasteiger partial charge in [-0.15, -0.1) is 11.3 Å². The van der Waals surface area contributed by atoms with Crippen LogP contribution in [0.5, 0.6) is 5.75 Å². The molecule has 3 aromatic rings. The van der Waals surface area contributed by atoms with Crippen LogP contribution >= 0.6 is 11.3 Å². The first-order valence-corrected chi connectivity index (χ1v) is 12.4. The van der Waals surface area contributed by atoms with Crippen LogP contribution in [-0.2, 0) is 17.4 Å². The Morgan fingerprint density at radius 1 is 1.14 bits per heavy atom. The molecule has 0 radical (unpaired) electrons. The monoisotopic (exact) mass is 517 g/mol. The lowest BCUT2D eigenvalue weighted by Crippen LogP contribution is -2.38. The number of carbonyl (C=O) groups is 2. The lowest BCUT2D eigenvalue weighted by atomic mass is 9.89. The number of rotatable bonds is 6. The minimum absolute atomic E-state index is 0.123. The Balaban J connectivity index is 1.30. The number of carbonyl (C=O) groups excluding carboxylic acids is 2. The number of nitrogens with one attached hydrogen (secondary N) is 1. The van der Waals surface area contributed by atoms with Crippen molar-refractivity contribution in [1.82, 2.24) is 9.88 Å². The van der Waals surface area contributed by atoms with Crippen molar-refractivity contribution in [2.45, 2.75) is 38.3 Å². The molecule has 190 valence electrons. The van der Waals surface area contributed by atoms with Crippen LogP contribution in [0.2, 0.25) is 0 Å². The third kappa shape index (κ3) is 5.87. The molecular formula is C26H26F3N3O3S. The summed E-state index contributed by atoms with van der Waals surface area (Å²) in [5, 5.41) is 3.08. The summed E-state index contributed by atoms with van der Waals surface area (Å²) in [6.45, 7) is 2.81. The molecule has 1 fully saturated rings. The van der Waals surface area contributed by atoms with Crippen LogP contribution in [0, 0.1) is 6.92 Å². The fourth-order valence-electron chi connectivity index (χ4n) is 4.37. The molecule has 1 saturated heterocycles. The summed E-state index contributed by atoms with van der Waals surface area (Å²) in [5.41, 5.74) is 3.47. The number of benzene rings is 2. The van der Waals surface area contributed by atoms with Crippen LogP contribution in [0.3, 0.4) is 0 Å². The van der Waals surface area contributed by atoms with E-state index in [9.17, 15) is 22.8 Å². The maximum absolute atomic E-state index is 12.8. The van der Waals surface area contributed by atoms with Crippen molar-refractivity contribution in [3.05, 3.63) is 75.2 Å². The predicted octanol–water partition coefficient (Wildman–Crippen LogP) is 5.68. The second-order valence-electron chi connectivity index (χ2n) is 8.69. The molecule has 0 aliphatic carbocycles. The molecule has 36 heavy (non-hydrogen) atoms. The minimum atomic E-state index is -4.55. The predicted molar refractivity (Wildman–Crippen MR) is 132 cm³/mol. The van der Waals surface area contributed by atoms with E-state index in [1.54, 1.807) is 12.0 Å². The Kier molecular flexibility index (Phi) is 7.63. The molecule has 0 spiro atoms. The van der Waals surface area contributed by atoms with Crippen molar-refractivity contribution in [1.29, 1.82) is 0 Å². The van der Waals surface area contributed by atoms with E-state index in [4.69, 9.17) is 4.74 Å². The number of hydrogen-bond acceptors (Lipinski definition) is 5. The van der Waals surface area contributed by atoms with Gasteiger partial charge in [0, 0.05) is 24.2 Å². The standard InChI is InChI=1S/C26H26F3N3O3S/c1-16-19(4-3-5-22(16)35-2)14-23(33)30-20-8-6-17(7-9-20)18-10-12-32(13-11-18)24(34)21-15-36-25(31-21)26(27,28)29/h3-9,15,18H,10-14H2,1-2H3,(H,30,33). The minimum Gasteiger partial charge on any atom is -0.496 e. The van der Waals surface area contributed by atoms with E-state index < -0.39 is 17.1 Å². The van der Waals surface area contributed by atoms with E-state index in [-0.39, 0.29) is 23.9 Å². The molecule has 2 heterocycles. The first-order chi connectivity index (χ1) is 17.2. The normalized spacial score (nSPS) is 14.5. The molecule has 4 rings (SSSR count). The Labute approximate surface area is 211 Å². The lowest BCUT2D eigenvalue weighted by molar-refractivity contribution is -0.137. The highest BCUT2D eigenvalue weighted by Gasteiger charge is 2.36. The number of methoxy groups -OCH3 is 1. The number of thiazole rings is 1. The zero-order valence-electron chi connectivity index (χ0n) is 19.9. The molecule has 1 aromatic heterocycles.